The molecule has 1 amide bonds. The molecule has 0 bridgehead atoms. The highest BCUT2D eigenvalue weighted by Gasteiger charge is 2.38. The molecular formula is C21H23ClF3N3O3S. The van der Waals surface area contributed by atoms with E-state index >= 15 is 0 Å². The minimum absolute atomic E-state index is 0.00662. The number of carbonyl (C=O) groups is 1. The SMILES string of the molecule is C[C@@H]1c2cccn2CCN1C(=O)C1CCN(S(=O)(=O)c2ccc(Cl)c(C(F)(F)F)c2)CC1. The molecule has 1 saturated heterocycles. The number of fused-ring (bicyclic) bond motifs is 1. The van der Waals surface area contributed by atoms with Gasteiger partial charge in [-0.1, -0.05) is 11.6 Å². The van der Waals surface area contributed by atoms with Gasteiger partial charge in [-0.3, -0.25) is 4.79 Å². The highest BCUT2D eigenvalue weighted by atomic mass is 35.5. The molecule has 1 atom stereocenters. The summed E-state index contributed by atoms with van der Waals surface area (Å²) >= 11 is 5.61. The van der Waals surface area contributed by atoms with Gasteiger partial charge in [-0.25, -0.2) is 8.42 Å². The van der Waals surface area contributed by atoms with Crippen molar-refractivity contribution in [2.24, 2.45) is 5.92 Å². The van der Waals surface area contributed by atoms with Gasteiger partial charge in [-0.15, -0.1) is 0 Å². The van der Waals surface area contributed by atoms with Crippen LogP contribution in [0.2, 0.25) is 5.02 Å². The van der Waals surface area contributed by atoms with E-state index in [9.17, 15) is 26.4 Å². The molecule has 0 spiro atoms. The normalized spacial score (nSPS) is 20.9. The van der Waals surface area contributed by atoms with Crippen molar-refractivity contribution in [1.82, 2.24) is 13.8 Å². The van der Waals surface area contributed by atoms with Gasteiger partial charge in [0.15, 0.2) is 0 Å². The highest BCUT2D eigenvalue weighted by molar-refractivity contribution is 7.89. The number of hydrogen-bond acceptors (Lipinski definition) is 3. The maximum atomic E-state index is 13.1. The van der Waals surface area contributed by atoms with Crippen molar-refractivity contribution >= 4 is 27.5 Å². The first-order valence-electron chi connectivity index (χ1n) is 10.3. The van der Waals surface area contributed by atoms with Crippen molar-refractivity contribution in [3.8, 4) is 0 Å². The van der Waals surface area contributed by atoms with Gasteiger partial charge in [0, 0.05) is 44.0 Å². The van der Waals surface area contributed by atoms with Crippen LogP contribution in [0.25, 0.3) is 0 Å². The number of sulfonamides is 1. The van der Waals surface area contributed by atoms with Gasteiger partial charge >= 0.3 is 6.18 Å². The lowest BCUT2D eigenvalue weighted by atomic mass is 9.95. The minimum Gasteiger partial charge on any atom is -0.348 e. The summed E-state index contributed by atoms with van der Waals surface area (Å²) in [4.78, 5) is 14.5. The monoisotopic (exact) mass is 489 g/mol. The molecule has 6 nitrogen and oxygen atoms in total. The van der Waals surface area contributed by atoms with Crippen molar-refractivity contribution in [1.29, 1.82) is 0 Å². The molecule has 3 heterocycles. The molecule has 2 aromatic rings. The molecule has 1 aromatic heterocycles. The lowest BCUT2D eigenvalue weighted by Gasteiger charge is -2.39. The quantitative estimate of drug-likeness (QED) is 0.650. The first kappa shape index (κ1) is 23.1. The Kier molecular flexibility index (Phi) is 6.06. The Morgan fingerprint density at radius 1 is 1.09 bits per heavy atom. The van der Waals surface area contributed by atoms with Gasteiger partial charge in [0.25, 0.3) is 0 Å². The lowest BCUT2D eigenvalue weighted by Crippen LogP contribution is -2.47. The first-order valence-corrected chi connectivity index (χ1v) is 12.1. The van der Waals surface area contributed by atoms with Crippen molar-refractivity contribution in [2.75, 3.05) is 19.6 Å². The van der Waals surface area contributed by atoms with E-state index in [0.29, 0.717) is 32.0 Å². The summed E-state index contributed by atoms with van der Waals surface area (Å²) in [5.74, 6) is -0.325. The molecule has 1 fully saturated rings. The standard InChI is InChI=1S/C21H23ClF3N3O3S/c1-14-19-3-2-8-26(19)11-12-28(14)20(29)15-6-9-27(10-7-15)32(30,31)16-4-5-18(22)17(13-16)21(23,24)25/h2-5,8,13-15H,6-7,9-12H2,1H3/t14-/m1/s1. The van der Waals surface area contributed by atoms with Crippen LogP contribution >= 0.6 is 11.6 Å². The molecule has 2 aliphatic rings. The van der Waals surface area contributed by atoms with Crippen LogP contribution in [0, 0.1) is 5.92 Å². The molecule has 32 heavy (non-hydrogen) atoms. The van der Waals surface area contributed by atoms with Crippen molar-refractivity contribution in [2.45, 2.75) is 43.4 Å². The predicted molar refractivity (Wildman–Crippen MR) is 112 cm³/mol. The fourth-order valence-corrected chi connectivity index (χ4v) is 6.21. The van der Waals surface area contributed by atoms with Gasteiger partial charge in [0.05, 0.1) is 21.5 Å². The number of piperidine rings is 1. The molecule has 11 heteroatoms. The average Bonchev–Trinajstić information content (AvgIpc) is 3.23. The van der Waals surface area contributed by atoms with E-state index in [1.54, 1.807) is 0 Å². The summed E-state index contributed by atoms with van der Waals surface area (Å²) in [7, 11) is -4.13. The number of nitrogens with zero attached hydrogens (tertiary/aromatic N) is 3. The second kappa shape index (κ2) is 8.39. The molecule has 0 N–H and O–H groups in total. The fourth-order valence-electron chi connectivity index (χ4n) is 4.49. The second-order valence-electron chi connectivity index (χ2n) is 8.15. The third kappa shape index (κ3) is 4.15. The Balaban J connectivity index is 1.45. The number of hydrogen-bond donors (Lipinski definition) is 0. The predicted octanol–water partition coefficient (Wildman–Crippen LogP) is 4.16. The van der Waals surface area contributed by atoms with E-state index in [-0.39, 0.29) is 31.0 Å². The molecule has 0 saturated carbocycles. The zero-order chi connectivity index (χ0) is 23.3. The Morgan fingerprint density at radius 2 is 1.78 bits per heavy atom. The molecule has 2 aliphatic heterocycles. The van der Waals surface area contributed by atoms with Crippen LogP contribution in [0.1, 0.15) is 37.1 Å². The first-order chi connectivity index (χ1) is 15.0. The van der Waals surface area contributed by atoms with Crippen molar-refractivity contribution in [3.63, 3.8) is 0 Å². The zero-order valence-electron chi connectivity index (χ0n) is 17.3. The van der Waals surface area contributed by atoms with E-state index in [1.807, 2.05) is 30.2 Å². The molecule has 0 aliphatic carbocycles. The van der Waals surface area contributed by atoms with Crippen molar-refractivity contribution in [3.05, 3.63) is 52.8 Å². The molecule has 4 rings (SSSR count). The number of halogens is 4. The van der Waals surface area contributed by atoms with E-state index in [4.69, 9.17) is 11.6 Å². The van der Waals surface area contributed by atoms with E-state index < -0.39 is 31.7 Å². The number of alkyl halides is 3. The molecular weight excluding hydrogens is 467 g/mol. The van der Waals surface area contributed by atoms with Crippen LogP contribution in [0.5, 0.6) is 0 Å². The van der Waals surface area contributed by atoms with Gasteiger partial charge < -0.3 is 9.47 Å². The summed E-state index contributed by atoms with van der Waals surface area (Å²) in [6, 6.07) is 6.46. The van der Waals surface area contributed by atoms with Gasteiger partial charge in [0.2, 0.25) is 15.9 Å². The Hall–Kier alpha value is -2.04. The van der Waals surface area contributed by atoms with Crippen molar-refractivity contribution < 1.29 is 26.4 Å². The Morgan fingerprint density at radius 3 is 2.44 bits per heavy atom. The van der Waals surface area contributed by atoms with Crippen LogP contribution in [0.15, 0.2) is 41.4 Å². The molecule has 174 valence electrons. The van der Waals surface area contributed by atoms with Crippen LogP contribution < -0.4 is 0 Å². The summed E-state index contributed by atoms with van der Waals surface area (Å²) in [6.45, 7) is 3.42. The number of aromatic nitrogens is 1. The Labute approximate surface area is 189 Å². The topological polar surface area (TPSA) is 62.6 Å². The maximum Gasteiger partial charge on any atom is 0.417 e. The van der Waals surface area contributed by atoms with E-state index in [1.165, 1.54) is 0 Å². The number of benzene rings is 1. The molecule has 1 aromatic carbocycles. The van der Waals surface area contributed by atoms with Gasteiger partial charge in [-0.2, -0.15) is 17.5 Å². The van der Waals surface area contributed by atoms with Gasteiger partial charge in [0.1, 0.15) is 0 Å². The summed E-state index contributed by atoms with van der Waals surface area (Å²) < 4.78 is 68.6. The van der Waals surface area contributed by atoms with Crippen LogP contribution in [0.3, 0.4) is 0 Å². The highest BCUT2D eigenvalue weighted by Crippen LogP contribution is 2.37. The minimum atomic E-state index is -4.76. The zero-order valence-corrected chi connectivity index (χ0v) is 18.9. The number of amides is 1. The molecule has 0 unspecified atom stereocenters. The summed E-state index contributed by atoms with van der Waals surface area (Å²) in [5.41, 5.74) is -0.123. The van der Waals surface area contributed by atoms with Gasteiger partial charge in [-0.05, 0) is 50.1 Å². The number of carbonyl (C=O) groups excluding carboxylic acids is 1. The molecule has 0 radical (unpaired) electrons. The third-order valence-electron chi connectivity index (χ3n) is 6.31. The lowest BCUT2D eigenvalue weighted by molar-refractivity contribution is -0.140. The van der Waals surface area contributed by atoms with Crippen LogP contribution in [-0.4, -0.2) is 47.7 Å². The Bertz CT molecular complexity index is 1120. The van der Waals surface area contributed by atoms with E-state index in [0.717, 1.165) is 22.1 Å². The summed E-state index contributed by atoms with van der Waals surface area (Å²) in [6.07, 6.45) is -2.13. The maximum absolute atomic E-state index is 13.1. The van der Waals surface area contributed by atoms with Crippen LogP contribution in [0.4, 0.5) is 13.2 Å². The van der Waals surface area contributed by atoms with Crippen LogP contribution in [-0.2, 0) is 27.5 Å². The largest absolute Gasteiger partial charge is 0.417 e. The average molecular weight is 490 g/mol. The summed E-state index contributed by atoms with van der Waals surface area (Å²) in [5, 5.41) is -0.553. The third-order valence-corrected chi connectivity index (χ3v) is 8.53. The smallest absolute Gasteiger partial charge is 0.348 e. The fraction of sp³-hybridized carbons (Fsp3) is 0.476. The second-order valence-corrected chi connectivity index (χ2v) is 10.5. The van der Waals surface area contributed by atoms with E-state index in [2.05, 4.69) is 4.57 Å². The number of rotatable bonds is 3.